The van der Waals surface area contributed by atoms with Crippen molar-refractivity contribution in [2.45, 2.75) is 13.1 Å². The molecule has 0 unspecified atom stereocenters. The van der Waals surface area contributed by atoms with Crippen LogP contribution in [-0.4, -0.2) is 9.97 Å². The average molecular weight is 253 g/mol. The molecular weight excluding hydrogens is 243 g/mol. The summed E-state index contributed by atoms with van der Waals surface area (Å²) in [6.07, 6.45) is -4.34. The number of hydrogen-bond donors (Lipinski definition) is 1. The number of rotatable bonds is 1. The molecule has 3 nitrogen and oxygen atoms in total. The molecule has 18 heavy (non-hydrogen) atoms. The molecule has 0 amide bonds. The first-order chi connectivity index (χ1) is 8.36. The van der Waals surface area contributed by atoms with Crippen molar-refractivity contribution in [3.8, 4) is 11.4 Å². The predicted molar refractivity (Wildman–Crippen MR) is 61.6 cm³/mol. The topological polar surface area (TPSA) is 51.8 Å². The molecule has 0 aliphatic carbocycles. The van der Waals surface area contributed by atoms with E-state index in [2.05, 4.69) is 9.97 Å². The summed E-state index contributed by atoms with van der Waals surface area (Å²) in [7, 11) is 0. The lowest BCUT2D eigenvalue weighted by Crippen LogP contribution is -2.04. The second-order valence-electron chi connectivity index (χ2n) is 3.83. The van der Waals surface area contributed by atoms with Crippen LogP contribution in [0.3, 0.4) is 0 Å². The van der Waals surface area contributed by atoms with Crippen molar-refractivity contribution in [3.05, 3.63) is 41.6 Å². The van der Waals surface area contributed by atoms with E-state index >= 15 is 0 Å². The summed E-state index contributed by atoms with van der Waals surface area (Å²) in [5, 5.41) is 0. The summed E-state index contributed by atoms with van der Waals surface area (Å²) in [6, 6.07) is 6.25. The monoisotopic (exact) mass is 253 g/mol. The number of nitrogens with two attached hydrogens (primary N) is 1. The average Bonchev–Trinajstić information content (AvgIpc) is 2.27. The van der Waals surface area contributed by atoms with E-state index in [0.29, 0.717) is 17.1 Å². The van der Waals surface area contributed by atoms with Crippen molar-refractivity contribution in [2.75, 3.05) is 5.73 Å². The van der Waals surface area contributed by atoms with Crippen molar-refractivity contribution in [3.63, 3.8) is 0 Å². The molecule has 2 aromatic rings. The molecule has 0 aliphatic heterocycles. The first kappa shape index (κ1) is 12.3. The first-order valence-corrected chi connectivity index (χ1v) is 5.15. The summed E-state index contributed by atoms with van der Waals surface area (Å²) in [6.45, 7) is 1.74. The molecule has 2 rings (SSSR count). The van der Waals surface area contributed by atoms with E-state index in [1.807, 2.05) is 0 Å². The number of benzene rings is 1. The molecule has 0 radical (unpaired) electrons. The minimum atomic E-state index is -4.34. The van der Waals surface area contributed by atoms with Gasteiger partial charge in [-0.3, -0.25) is 0 Å². The van der Waals surface area contributed by atoms with Crippen LogP contribution in [0.25, 0.3) is 11.4 Å². The molecule has 2 N–H and O–H groups in total. The highest BCUT2D eigenvalue weighted by Crippen LogP contribution is 2.30. The van der Waals surface area contributed by atoms with Gasteiger partial charge in [0.2, 0.25) is 0 Å². The fourth-order valence-electron chi connectivity index (χ4n) is 1.53. The third-order valence-electron chi connectivity index (χ3n) is 2.34. The fourth-order valence-corrected chi connectivity index (χ4v) is 1.53. The number of hydrogen-bond acceptors (Lipinski definition) is 3. The molecule has 0 spiro atoms. The van der Waals surface area contributed by atoms with Crippen LogP contribution in [0.1, 0.15) is 11.3 Å². The van der Waals surface area contributed by atoms with E-state index < -0.39 is 11.7 Å². The molecule has 1 aromatic carbocycles. The first-order valence-electron chi connectivity index (χ1n) is 5.15. The molecule has 0 fully saturated rings. The number of aryl methyl sites for hydroxylation is 1. The van der Waals surface area contributed by atoms with Gasteiger partial charge in [0.05, 0.1) is 5.56 Å². The van der Waals surface area contributed by atoms with Crippen molar-refractivity contribution >= 4 is 5.82 Å². The van der Waals surface area contributed by atoms with Gasteiger partial charge in [-0.2, -0.15) is 13.2 Å². The normalized spacial score (nSPS) is 11.6. The van der Waals surface area contributed by atoms with Gasteiger partial charge in [0, 0.05) is 17.3 Å². The Hall–Kier alpha value is -2.11. The summed E-state index contributed by atoms with van der Waals surface area (Å²) in [4.78, 5) is 8.11. The van der Waals surface area contributed by atoms with E-state index in [0.717, 1.165) is 12.1 Å². The van der Waals surface area contributed by atoms with Gasteiger partial charge < -0.3 is 5.73 Å². The summed E-state index contributed by atoms with van der Waals surface area (Å²) in [5.74, 6) is 0.610. The van der Waals surface area contributed by atoms with Crippen LogP contribution >= 0.6 is 0 Å². The Morgan fingerprint density at radius 3 is 2.17 bits per heavy atom. The third kappa shape index (κ3) is 2.58. The molecule has 6 heteroatoms. The zero-order chi connectivity index (χ0) is 13.3. The molecule has 0 atom stereocenters. The Bertz CT molecular complexity index is 542. The lowest BCUT2D eigenvalue weighted by molar-refractivity contribution is -0.137. The zero-order valence-electron chi connectivity index (χ0n) is 9.49. The molecule has 94 valence electrons. The van der Waals surface area contributed by atoms with Gasteiger partial charge in [-0.1, -0.05) is 12.1 Å². The quantitative estimate of drug-likeness (QED) is 0.849. The third-order valence-corrected chi connectivity index (χ3v) is 2.34. The number of halogens is 3. The lowest BCUT2D eigenvalue weighted by Gasteiger charge is -2.07. The highest BCUT2D eigenvalue weighted by atomic mass is 19.4. The van der Waals surface area contributed by atoms with Crippen molar-refractivity contribution in [2.24, 2.45) is 0 Å². The molecular formula is C12H10F3N3. The van der Waals surface area contributed by atoms with Crippen LogP contribution in [0.15, 0.2) is 30.3 Å². The minimum Gasteiger partial charge on any atom is -0.384 e. The van der Waals surface area contributed by atoms with Crippen molar-refractivity contribution in [1.29, 1.82) is 0 Å². The standard InChI is InChI=1S/C12H10F3N3/c1-7-6-10(16)18-11(17-7)8-2-4-9(5-3-8)12(13,14)15/h2-6H,1H3,(H2,16,17,18). The van der Waals surface area contributed by atoms with Crippen LogP contribution in [0.4, 0.5) is 19.0 Å². The van der Waals surface area contributed by atoms with E-state index in [4.69, 9.17) is 5.73 Å². The molecule has 0 saturated heterocycles. The van der Waals surface area contributed by atoms with Gasteiger partial charge in [-0.25, -0.2) is 9.97 Å². The summed E-state index contributed by atoms with van der Waals surface area (Å²) < 4.78 is 37.2. The molecule has 0 saturated carbocycles. The number of alkyl halides is 3. The van der Waals surface area contributed by atoms with Crippen LogP contribution in [0, 0.1) is 6.92 Å². The largest absolute Gasteiger partial charge is 0.416 e. The maximum atomic E-state index is 12.4. The highest BCUT2D eigenvalue weighted by molar-refractivity contribution is 5.57. The molecule has 1 heterocycles. The number of anilines is 1. The van der Waals surface area contributed by atoms with Crippen LogP contribution < -0.4 is 5.73 Å². The summed E-state index contributed by atoms with van der Waals surface area (Å²) >= 11 is 0. The Morgan fingerprint density at radius 1 is 1.06 bits per heavy atom. The van der Waals surface area contributed by atoms with Gasteiger partial charge in [0.15, 0.2) is 5.82 Å². The zero-order valence-corrected chi connectivity index (χ0v) is 9.49. The van der Waals surface area contributed by atoms with Crippen LogP contribution in [0.5, 0.6) is 0 Å². The smallest absolute Gasteiger partial charge is 0.384 e. The number of aromatic nitrogens is 2. The Balaban J connectivity index is 2.40. The Labute approximate surface area is 101 Å². The minimum absolute atomic E-state index is 0.289. The van der Waals surface area contributed by atoms with E-state index in [1.165, 1.54) is 12.1 Å². The van der Waals surface area contributed by atoms with Gasteiger partial charge in [0.25, 0.3) is 0 Å². The lowest BCUT2D eigenvalue weighted by atomic mass is 10.1. The maximum absolute atomic E-state index is 12.4. The number of nitrogen functional groups attached to an aromatic ring is 1. The molecule has 0 bridgehead atoms. The van der Waals surface area contributed by atoms with E-state index in [-0.39, 0.29) is 5.82 Å². The second kappa shape index (κ2) is 4.29. The maximum Gasteiger partial charge on any atom is 0.416 e. The van der Waals surface area contributed by atoms with E-state index in [1.54, 1.807) is 13.0 Å². The molecule has 1 aromatic heterocycles. The van der Waals surface area contributed by atoms with Gasteiger partial charge in [0.1, 0.15) is 5.82 Å². The Morgan fingerprint density at radius 2 is 1.67 bits per heavy atom. The van der Waals surface area contributed by atoms with Gasteiger partial charge in [-0.05, 0) is 19.1 Å². The van der Waals surface area contributed by atoms with Crippen molar-refractivity contribution < 1.29 is 13.2 Å². The summed E-state index contributed by atoms with van der Waals surface area (Å²) in [5.41, 5.74) is 6.03. The molecule has 0 aliphatic rings. The Kier molecular flexibility index (Phi) is 2.94. The predicted octanol–water partition coefficient (Wildman–Crippen LogP) is 3.05. The van der Waals surface area contributed by atoms with E-state index in [9.17, 15) is 13.2 Å². The number of nitrogens with zero attached hydrogens (tertiary/aromatic N) is 2. The van der Waals surface area contributed by atoms with Crippen LogP contribution in [0.2, 0.25) is 0 Å². The second-order valence-corrected chi connectivity index (χ2v) is 3.83. The van der Waals surface area contributed by atoms with Crippen molar-refractivity contribution in [1.82, 2.24) is 9.97 Å². The highest BCUT2D eigenvalue weighted by Gasteiger charge is 2.30. The van der Waals surface area contributed by atoms with Gasteiger partial charge >= 0.3 is 6.18 Å². The van der Waals surface area contributed by atoms with Crippen LogP contribution in [-0.2, 0) is 6.18 Å². The fraction of sp³-hybridized carbons (Fsp3) is 0.167. The van der Waals surface area contributed by atoms with Gasteiger partial charge in [-0.15, -0.1) is 0 Å². The SMILES string of the molecule is Cc1cc(N)nc(-c2ccc(C(F)(F)F)cc2)n1.